The highest BCUT2D eigenvalue weighted by atomic mass is 32.2. The van der Waals surface area contributed by atoms with E-state index in [1.54, 1.807) is 6.92 Å². The van der Waals surface area contributed by atoms with Crippen molar-refractivity contribution >= 4 is 15.7 Å². The van der Waals surface area contributed by atoms with Crippen LogP contribution in [-0.4, -0.2) is 61.0 Å². The van der Waals surface area contributed by atoms with Crippen molar-refractivity contribution in [3.05, 3.63) is 35.5 Å². The molecule has 1 aliphatic heterocycles. The number of nitrogens with zero attached hydrogens (tertiary/aromatic N) is 3. The van der Waals surface area contributed by atoms with Gasteiger partial charge in [0.15, 0.2) is 15.9 Å². The fraction of sp³-hybridized carbons (Fsp3) is 0.526. The Hall–Kier alpha value is -2.63. The van der Waals surface area contributed by atoms with Gasteiger partial charge in [-0.1, -0.05) is 0 Å². The summed E-state index contributed by atoms with van der Waals surface area (Å²) in [6.45, 7) is 3.06. The second kappa shape index (κ2) is 6.94. The Morgan fingerprint density at radius 2 is 2.06 bits per heavy atom. The number of hydrogen-bond acceptors (Lipinski definition) is 7. The van der Waals surface area contributed by atoms with Crippen LogP contribution in [0, 0.1) is 12.8 Å². The topological polar surface area (TPSA) is 103 Å². The van der Waals surface area contributed by atoms with Crippen LogP contribution in [0.4, 0.5) is 13.2 Å². The normalized spacial score (nSPS) is 24.1. The second-order valence-corrected chi connectivity index (χ2v) is 10.1. The van der Waals surface area contributed by atoms with Crippen LogP contribution < -0.4 is 4.74 Å². The summed E-state index contributed by atoms with van der Waals surface area (Å²) in [4.78, 5) is 14.5. The van der Waals surface area contributed by atoms with Crippen LogP contribution >= 0.6 is 0 Å². The zero-order chi connectivity index (χ0) is 22.8. The van der Waals surface area contributed by atoms with Crippen molar-refractivity contribution in [1.82, 2.24) is 15.1 Å². The molecule has 0 bridgehead atoms. The number of piperidine rings is 1. The SMILES string of the molecule is Cc1nnc(C23CC2CN(C(=O)c2cc(S(C)(=O)=O)ccc2O[C@@H](C)C(F)(F)F)C3)o1. The van der Waals surface area contributed by atoms with Crippen molar-refractivity contribution in [2.24, 2.45) is 5.92 Å². The molecule has 0 N–H and O–H groups in total. The van der Waals surface area contributed by atoms with E-state index in [0.29, 0.717) is 18.3 Å². The maximum absolute atomic E-state index is 13.2. The van der Waals surface area contributed by atoms with Gasteiger partial charge in [-0.2, -0.15) is 13.2 Å². The van der Waals surface area contributed by atoms with Crippen molar-refractivity contribution in [2.45, 2.75) is 42.9 Å². The average molecular weight is 459 g/mol. The third-order valence-corrected chi connectivity index (χ3v) is 6.87. The number of fused-ring (bicyclic) bond motifs is 1. The van der Waals surface area contributed by atoms with E-state index >= 15 is 0 Å². The Kier molecular flexibility index (Phi) is 4.83. The highest BCUT2D eigenvalue weighted by Gasteiger charge is 2.65. The van der Waals surface area contributed by atoms with Crippen molar-refractivity contribution in [3.8, 4) is 5.75 Å². The van der Waals surface area contributed by atoms with Gasteiger partial charge in [0.1, 0.15) is 5.75 Å². The molecule has 2 aliphatic rings. The molecule has 1 aromatic heterocycles. The van der Waals surface area contributed by atoms with E-state index in [9.17, 15) is 26.4 Å². The second-order valence-electron chi connectivity index (χ2n) is 8.10. The van der Waals surface area contributed by atoms with E-state index in [2.05, 4.69) is 10.2 Å². The quantitative estimate of drug-likeness (QED) is 0.677. The molecule has 2 heterocycles. The van der Waals surface area contributed by atoms with Crippen LogP contribution in [0.15, 0.2) is 27.5 Å². The number of sulfone groups is 1. The molecule has 4 rings (SSSR count). The van der Waals surface area contributed by atoms with Crippen LogP contribution in [-0.2, 0) is 15.3 Å². The standard InChI is InChI=1S/C19H20F3N3O5S/c1-10(19(20,21)22)29-15-5-4-13(31(3,27)28)6-14(15)16(26)25-8-12-7-18(12,9-25)17-24-23-11(2)30-17/h4-6,10,12H,7-9H2,1-3H3/t10-,12?,18?/m0/s1. The molecule has 31 heavy (non-hydrogen) atoms. The third kappa shape index (κ3) is 3.88. The van der Waals surface area contributed by atoms with Crippen molar-refractivity contribution in [2.75, 3.05) is 19.3 Å². The van der Waals surface area contributed by atoms with Crippen LogP contribution in [0.1, 0.15) is 35.5 Å². The van der Waals surface area contributed by atoms with E-state index in [4.69, 9.17) is 9.15 Å². The lowest BCUT2D eigenvalue weighted by Crippen LogP contribution is -2.35. The molecule has 1 amide bonds. The first-order chi connectivity index (χ1) is 14.3. The van der Waals surface area contributed by atoms with Gasteiger partial charge < -0.3 is 14.1 Å². The molecule has 1 aromatic carbocycles. The molecule has 168 valence electrons. The number of aryl methyl sites for hydroxylation is 1. The Bertz CT molecular complexity index is 1150. The molecule has 0 radical (unpaired) electrons. The third-order valence-electron chi connectivity index (χ3n) is 5.76. The maximum Gasteiger partial charge on any atom is 0.425 e. The molecule has 0 spiro atoms. The lowest BCUT2D eigenvalue weighted by atomic mass is 10.1. The smallest absolute Gasteiger partial charge is 0.425 e. The minimum absolute atomic E-state index is 0.0906. The van der Waals surface area contributed by atoms with Crippen LogP contribution in [0.5, 0.6) is 5.75 Å². The fourth-order valence-corrected chi connectivity index (χ4v) is 4.55. The van der Waals surface area contributed by atoms with E-state index in [1.165, 1.54) is 4.90 Å². The van der Waals surface area contributed by atoms with Crippen molar-refractivity contribution in [3.63, 3.8) is 0 Å². The van der Waals surface area contributed by atoms with Gasteiger partial charge >= 0.3 is 6.18 Å². The molecule has 1 aliphatic carbocycles. The molecule has 2 fully saturated rings. The molecule has 12 heteroatoms. The fourth-order valence-electron chi connectivity index (χ4n) is 3.90. The van der Waals surface area contributed by atoms with Gasteiger partial charge in [0, 0.05) is 26.3 Å². The van der Waals surface area contributed by atoms with Gasteiger partial charge in [-0.25, -0.2) is 8.42 Å². The summed E-state index contributed by atoms with van der Waals surface area (Å²) in [5.41, 5.74) is -0.705. The van der Waals surface area contributed by atoms with E-state index in [-0.39, 0.29) is 28.7 Å². The molecule has 2 aromatic rings. The van der Waals surface area contributed by atoms with Crippen LogP contribution in [0.2, 0.25) is 0 Å². The van der Waals surface area contributed by atoms with Gasteiger partial charge in [-0.15, -0.1) is 10.2 Å². The highest BCUT2D eigenvalue weighted by molar-refractivity contribution is 7.90. The van der Waals surface area contributed by atoms with E-state index in [0.717, 1.165) is 37.8 Å². The molecular formula is C19H20F3N3O5S. The van der Waals surface area contributed by atoms with Gasteiger partial charge in [-0.3, -0.25) is 4.79 Å². The summed E-state index contributed by atoms with van der Waals surface area (Å²) in [6.07, 6.45) is -5.11. The summed E-state index contributed by atoms with van der Waals surface area (Å²) in [5.74, 6) is -0.0224. The first-order valence-corrected chi connectivity index (χ1v) is 11.4. The number of carbonyl (C=O) groups is 1. The molecule has 8 nitrogen and oxygen atoms in total. The number of aromatic nitrogens is 2. The Labute approximate surface area is 176 Å². The maximum atomic E-state index is 13.2. The number of ether oxygens (including phenoxy) is 1. The zero-order valence-corrected chi connectivity index (χ0v) is 17.7. The number of halogens is 3. The largest absolute Gasteiger partial charge is 0.480 e. The van der Waals surface area contributed by atoms with Crippen LogP contribution in [0.25, 0.3) is 0 Å². The predicted octanol–water partition coefficient (Wildman–Crippen LogP) is 2.52. The Morgan fingerprint density at radius 3 is 2.65 bits per heavy atom. The minimum atomic E-state index is -4.65. The molecule has 1 saturated heterocycles. The van der Waals surface area contributed by atoms with Gasteiger partial charge in [0.25, 0.3) is 5.91 Å². The molecule has 3 atom stereocenters. The monoisotopic (exact) mass is 459 g/mol. The summed E-state index contributed by atoms with van der Waals surface area (Å²) in [7, 11) is -3.69. The number of likely N-dealkylation sites (tertiary alicyclic amines) is 1. The number of rotatable bonds is 5. The summed E-state index contributed by atoms with van der Waals surface area (Å²) in [6, 6.07) is 3.26. The Balaban J connectivity index is 1.65. The lowest BCUT2D eigenvalue weighted by Gasteiger charge is -2.24. The van der Waals surface area contributed by atoms with Crippen molar-refractivity contribution in [1.29, 1.82) is 0 Å². The first-order valence-electron chi connectivity index (χ1n) is 9.48. The summed E-state index contributed by atoms with van der Waals surface area (Å²) < 4.78 is 73.4. The minimum Gasteiger partial charge on any atom is -0.480 e. The van der Waals surface area contributed by atoms with Crippen LogP contribution in [0.3, 0.4) is 0 Å². The molecule has 2 unspecified atom stereocenters. The first kappa shape index (κ1) is 21.6. The summed E-state index contributed by atoms with van der Waals surface area (Å²) in [5, 5.41) is 7.88. The number of amides is 1. The zero-order valence-electron chi connectivity index (χ0n) is 16.9. The predicted molar refractivity (Wildman–Crippen MR) is 100 cm³/mol. The number of benzene rings is 1. The van der Waals surface area contributed by atoms with Gasteiger partial charge in [0.2, 0.25) is 11.8 Å². The average Bonchev–Trinajstić information content (AvgIpc) is 2.99. The molecular weight excluding hydrogens is 439 g/mol. The highest BCUT2D eigenvalue weighted by Crippen LogP contribution is 2.58. The van der Waals surface area contributed by atoms with E-state index in [1.807, 2.05) is 0 Å². The molecule has 1 saturated carbocycles. The van der Waals surface area contributed by atoms with E-state index < -0.39 is 33.4 Å². The Morgan fingerprint density at radius 1 is 1.35 bits per heavy atom. The number of alkyl halides is 3. The van der Waals surface area contributed by atoms with Gasteiger partial charge in [-0.05, 0) is 37.5 Å². The lowest BCUT2D eigenvalue weighted by molar-refractivity contribution is -0.189. The van der Waals surface area contributed by atoms with Gasteiger partial charge in [0.05, 0.1) is 15.9 Å². The number of carbonyl (C=O) groups excluding carboxylic acids is 1. The van der Waals surface area contributed by atoms with Crippen molar-refractivity contribution < 1.29 is 35.5 Å². The summed E-state index contributed by atoms with van der Waals surface area (Å²) >= 11 is 0. The number of hydrogen-bond donors (Lipinski definition) is 0.